The minimum Gasteiger partial charge on any atom is -0.493 e. The highest BCUT2D eigenvalue weighted by molar-refractivity contribution is 5.77. The van der Waals surface area contributed by atoms with Gasteiger partial charge in [0.05, 0.1) is 27.4 Å². The van der Waals surface area contributed by atoms with Crippen molar-refractivity contribution in [1.82, 2.24) is 24.0 Å². The van der Waals surface area contributed by atoms with Gasteiger partial charge in [-0.2, -0.15) is 0 Å². The monoisotopic (exact) mass is 443 g/mol. The van der Waals surface area contributed by atoms with E-state index in [0.29, 0.717) is 54.8 Å². The number of methoxy groups -OCH3 is 2. The molecule has 0 spiro atoms. The predicted molar refractivity (Wildman–Crippen MR) is 121 cm³/mol. The number of aromatic nitrogens is 4. The van der Waals surface area contributed by atoms with E-state index in [1.807, 2.05) is 29.7 Å². The van der Waals surface area contributed by atoms with Crippen molar-refractivity contribution >= 4 is 11.2 Å². The predicted octanol–water partition coefficient (Wildman–Crippen LogP) is 1.31. The molecule has 3 heterocycles. The van der Waals surface area contributed by atoms with E-state index in [2.05, 4.69) is 9.88 Å². The first-order valence-electron chi connectivity index (χ1n) is 10.8. The molecule has 4 rings (SSSR count). The van der Waals surface area contributed by atoms with Crippen molar-refractivity contribution in [2.75, 3.05) is 47.1 Å². The number of H-pyrrole nitrogens is 1. The fourth-order valence-electron chi connectivity index (χ4n) is 4.08. The summed E-state index contributed by atoms with van der Waals surface area (Å²) in [5, 5.41) is 0. The van der Waals surface area contributed by atoms with Gasteiger partial charge < -0.3 is 18.8 Å². The smallest absolute Gasteiger partial charge is 0.330 e. The molecule has 1 fully saturated rings. The van der Waals surface area contributed by atoms with E-state index < -0.39 is 11.2 Å². The number of benzene rings is 1. The Morgan fingerprint density at radius 1 is 1.03 bits per heavy atom. The Labute approximate surface area is 185 Å². The highest BCUT2D eigenvalue weighted by Crippen LogP contribution is 2.33. The number of ether oxygens (including phenoxy) is 3. The number of fused-ring (bicyclic) bond motifs is 1. The molecule has 32 heavy (non-hydrogen) atoms. The molecular weight excluding hydrogens is 414 g/mol. The lowest BCUT2D eigenvalue weighted by Gasteiger charge is -2.26. The van der Waals surface area contributed by atoms with Gasteiger partial charge in [-0.1, -0.05) is 6.92 Å². The third-order valence-electron chi connectivity index (χ3n) is 5.72. The summed E-state index contributed by atoms with van der Waals surface area (Å²) in [4.78, 5) is 34.9. The molecule has 0 aliphatic carbocycles. The summed E-state index contributed by atoms with van der Waals surface area (Å²) in [6.07, 6.45) is 0.743. The number of rotatable bonds is 8. The molecule has 0 bridgehead atoms. The molecule has 0 amide bonds. The van der Waals surface area contributed by atoms with Crippen molar-refractivity contribution in [2.24, 2.45) is 0 Å². The van der Waals surface area contributed by atoms with Crippen molar-refractivity contribution in [3.63, 3.8) is 0 Å². The van der Waals surface area contributed by atoms with E-state index in [-0.39, 0.29) is 0 Å². The molecule has 0 atom stereocenters. The number of nitrogens with zero attached hydrogens (tertiary/aromatic N) is 4. The van der Waals surface area contributed by atoms with Crippen LogP contribution < -0.4 is 20.7 Å². The zero-order valence-corrected chi connectivity index (χ0v) is 18.7. The summed E-state index contributed by atoms with van der Waals surface area (Å²) < 4.78 is 19.7. The molecule has 0 saturated carbocycles. The number of hydrogen-bond donors (Lipinski definition) is 1. The van der Waals surface area contributed by atoms with Crippen LogP contribution in [0, 0.1) is 0 Å². The van der Waals surface area contributed by atoms with Gasteiger partial charge in [0.25, 0.3) is 5.56 Å². The molecule has 10 nitrogen and oxygen atoms in total. The number of imidazole rings is 1. The van der Waals surface area contributed by atoms with Gasteiger partial charge in [0.15, 0.2) is 22.7 Å². The number of nitrogens with one attached hydrogen (secondary N) is 1. The van der Waals surface area contributed by atoms with Crippen LogP contribution in [0.1, 0.15) is 13.3 Å². The van der Waals surface area contributed by atoms with Crippen molar-refractivity contribution in [2.45, 2.75) is 26.4 Å². The minimum atomic E-state index is -0.443. The van der Waals surface area contributed by atoms with Crippen molar-refractivity contribution in [3.8, 4) is 22.9 Å². The summed E-state index contributed by atoms with van der Waals surface area (Å²) in [7, 11) is 3.16. The van der Waals surface area contributed by atoms with Crippen molar-refractivity contribution in [1.29, 1.82) is 0 Å². The lowest BCUT2D eigenvalue weighted by molar-refractivity contribution is 0.0365. The lowest BCUT2D eigenvalue weighted by Crippen LogP contribution is -2.38. The summed E-state index contributed by atoms with van der Waals surface area (Å²) in [5.41, 5.74) is 0.693. The van der Waals surface area contributed by atoms with E-state index >= 15 is 0 Å². The van der Waals surface area contributed by atoms with Crippen LogP contribution in [0.4, 0.5) is 0 Å². The van der Waals surface area contributed by atoms with Crippen LogP contribution in [0.2, 0.25) is 0 Å². The Morgan fingerprint density at radius 2 is 1.78 bits per heavy atom. The Kier molecular flexibility index (Phi) is 6.61. The van der Waals surface area contributed by atoms with Gasteiger partial charge in [0, 0.05) is 38.3 Å². The molecule has 0 radical (unpaired) electrons. The van der Waals surface area contributed by atoms with Crippen LogP contribution in [0.3, 0.4) is 0 Å². The topological polar surface area (TPSA) is 104 Å². The molecule has 10 heteroatoms. The van der Waals surface area contributed by atoms with E-state index in [1.54, 1.807) is 14.2 Å². The molecule has 1 aliphatic heterocycles. The molecule has 172 valence electrons. The minimum absolute atomic E-state index is 0.396. The van der Waals surface area contributed by atoms with E-state index in [0.717, 1.165) is 31.6 Å². The second-order valence-electron chi connectivity index (χ2n) is 7.69. The second kappa shape index (κ2) is 9.58. The summed E-state index contributed by atoms with van der Waals surface area (Å²) in [5.74, 6) is 1.78. The molecule has 0 unspecified atom stereocenters. The maximum absolute atomic E-state index is 12.9. The highest BCUT2D eigenvalue weighted by Gasteiger charge is 2.21. The van der Waals surface area contributed by atoms with Crippen molar-refractivity contribution < 1.29 is 14.2 Å². The van der Waals surface area contributed by atoms with E-state index in [9.17, 15) is 9.59 Å². The fourth-order valence-corrected chi connectivity index (χ4v) is 4.08. The van der Waals surface area contributed by atoms with Gasteiger partial charge >= 0.3 is 5.69 Å². The first kappa shape index (κ1) is 22.1. The largest absolute Gasteiger partial charge is 0.493 e. The van der Waals surface area contributed by atoms with Gasteiger partial charge in [-0.15, -0.1) is 0 Å². The summed E-state index contributed by atoms with van der Waals surface area (Å²) in [6.45, 7) is 6.82. The number of aromatic amines is 1. The Hall–Kier alpha value is -3.11. The van der Waals surface area contributed by atoms with Crippen LogP contribution in [-0.4, -0.2) is 71.1 Å². The van der Waals surface area contributed by atoms with Crippen LogP contribution >= 0.6 is 0 Å². The zero-order chi connectivity index (χ0) is 22.7. The maximum Gasteiger partial charge on any atom is 0.330 e. The Balaban J connectivity index is 1.88. The lowest BCUT2D eigenvalue weighted by atomic mass is 10.2. The Bertz CT molecular complexity index is 1210. The maximum atomic E-state index is 12.9. The molecule has 1 aromatic carbocycles. The van der Waals surface area contributed by atoms with Crippen LogP contribution in [-0.2, 0) is 17.8 Å². The summed E-state index contributed by atoms with van der Waals surface area (Å²) >= 11 is 0. The quantitative estimate of drug-likeness (QED) is 0.560. The molecule has 2 aromatic heterocycles. The van der Waals surface area contributed by atoms with Gasteiger partial charge in [-0.05, 0) is 24.6 Å². The molecule has 1 N–H and O–H groups in total. The summed E-state index contributed by atoms with van der Waals surface area (Å²) in [6, 6.07) is 5.52. The first-order chi connectivity index (χ1) is 15.6. The van der Waals surface area contributed by atoms with E-state index in [1.165, 1.54) is 4.57 Å². The molecule has 1 aliphatic rings. The highest BCUT2D eigenvalue weighted by atomic mass is 16.5. The van der Waals surface area contributed by atoms with Crippen LogP contribution in [0.5, 0.6) is 11.5 Å². The second-order valence-corrected chi connectivity index (χ2v) is 7.69. The number of aryl methyl sites for hydroxylation is 1. The average molecular weight is 444 g/mol. The van der Waals surface area contributed by atoms with Crippen LogP contribution in [0.25, 0.3) is 22.6 Å². The first-order valence-corrected chi connectivity index (χ1v) is 10.8. The third-order valence-corrected chi connectivity index (χ3v) is 5.72. The fraction of sp³-hybridized carbons (Fsp3) is 0.500. The molecular formula is C22H29N5O5. The van der Waals surface area contributed by atoms with Gasteiger partial charge in [-0.25, -0.2) is 9.78 Å². The number of morpholine rings is 1. The standard InChI is InChI=1S/C22H29N5O5/c1-4-7-27-20-18(21(28)24-22(27)29)26(9-8-25-10-12-32-13-11-25)19(23-20)15-5-6-16(30-2)17(14-15)31-3/h5-6,14H,4,7-13H2,1-3H3,(H,24,28,29). The molecule has 1 saturated heterocycles. The van der Waals surface area contributed by atoms with Gasteiger partial charge in [-0.3, -0.25) is 19.2 Å². The van der Waals surface area contributed by atoms with Crippen LogP contribution in [0.15, 0.2) is 27.8 Å². The zero-order valence-electron chi connectivity index (χ0n) is 18.7. The normalized spacial score (nSPS) is 14.7. The number of hydrogen-bond acceptors (Lipinski definition) is 7. The SMILES string of the molecule is CCCn1c(=O)[nH]c(=O)c2c1nc(-c1ccc(OC)c(OC)c1)n2CCN1CCOCC1. The van der Waals surface area contributed by atoms with E-state index in [4.69, 9.17) is 19.2 Å². The average Bonchev–Trinajstić information content (AvgIpc) is 3.20. The van der Waals surface area contributed by atoms with Crippen molar-refractivity contribution in [3.05, 3.63) is 39.0 Å². The Morgan fingerprint density at radius 3 is 2.47 bits per heavy atom. The van der Waals surface area contributed by atoms with Gasteiger partial charge in [0.2, 0.25) is 0 Å². The molecule has 3 aromatic rings. The van der Waals surface area contributed by atoms with Gasteiger partial charge in [0.1, 0.15) is 5.82 Å². The third kappa shape index (κ3) is 4.15.